The van der Waals surface area contributed by atoms with E-state index < -0.39 is 11.2 Å². The van der Waals surface area contributed by atoms with Crippen LogP contribution in [-0.2, 0) is 0 Å². The Kier molecular flexibility index (Phi) is 4.72. The molecule has 0 amide bonds. The summed E-state index contributed by atoms with van der Waals surface area (Å²) in [7, 11) is 5.69. The summed E-state index contributed by atoms with van der Waals surface area (Å²) in [5, 5.41) is 19.7. The van der Waals surface area contributed by atoms with Crippen LogP contribution in [0.15, 0.2) is 33.5 Å². The molecular formula is C19H18O8. The van der Waals surface area contributed by atoms with Crippen molar-refractivity contribution in [1.82, 2.24) is 0 Å². The summed E-state index contributed by atoms with van der Waals surface area (Å²) in [6.07, 6.45) is 0. The molecule has 2 N–H and O–H groups in total. The summed E-state index contributed by atoms with van der Waals surface area (Å²) in [6.45, 7) is 0. The highest BCUT2D eigenvalue weighted by Gasteiger charge is 2.25. The van der Waals surface area contributed by atoms with Gasteiger partial charge in [-0.15, -0.1) is 0 Å². The first-order chi connectivity index (χ1) is 12.9. The molecule has 0 fully saturated rings. The average Bonchev–Trinajstić information content (AvgIpc) is 2.65. The summed E-state index contributed by atoms with van der Waals surface area (Å²) < 4.78 is 26.9. The summed E-state index contributed by atoms with van der Waals surface area (Å²) in [5.41, 5.74) is -0.278. The zero-order valence-electron chi connectivity index (χ0n) is 15.2. The minimum atomic E-state index is -0.570. The molecule has 3 aromatic rings. The summed E-state index contributed by atoms with van der Waals surface area (Å²) in [5.74, 6) is 0.227. The predicted octanol–water partition coefficient (Wildman–Crippen LogP) is 2.91. The Hall–Kier alpha value is -3.55. The quantitative estimate of drug-likeness (QED) is 0.702. The van der Waals surface area contributed by atoms with Crippen molar-refractivity contribution in [1.29, 1.82) is 0 Å². The van der Waals surface area contributed by atoms with E-state index in [2.05, 4.69) is 0 Å². The van der Waals surface area contributed by atoms with E-state index in [0.717, 1.165) is 6.07 Å². The Bertz CT molecular complexity index is 1070. The van der Waals surface area contributed by atoms with E-state index >= 15 is 0 Å². The molecular weight excluding hydrogens is 356 g/mol. The molecule has 0 unspecified atom stereocenters. The SMILES string of the molecule is COc1cc(OC)c(OC)c(-c2c(OC)oc3cc(O)cc(O)c3c2=O)c1. The second-order valence-electron chi connectivity index (χ2n) is 5.55. The van der Waals surface area contributed by atoms with Crippen LogP contribution in [0.1, 0.15) is 0 Å². The fourth-order valence-electron chi connectivity index (χ4n) is 2.88. The van der Waals surface area contributed by atoms with Gasteiger partial charge < -0.3 is 33.6 Å². The van der Waals surface area contributed by atoms with E-state index in [0.29, 0.717) is 17.1 Å². The molecule has 0 aliphatic carbocycles. The number of hydrogen-bond acceptors (Lipinski definition) is 8. The summed E-state index contributed by atoms with van der Waals surface area (Å²) in [6, 6.07) is 5.44. The molecule has 142 valence electrons. The largest absolute Gasteiger partial charge is 0.508 e. The van der Waals surface area contributed by atoms with Gasteiger partial charge in [-0.3, -0.25) is 4.79 Å². The maximum atomic E-state index is 13.2. The van der Waals surface area contributed by atoms with E-state index in [1.54, 1.807) is 12.1 Å². The van der Waals surface area contributed by atoms with Crippen molar-refractivity contribution in [3.05, 3.63) is 34.5 Å². The maximum absolute atomic E-state index is 13.2. The molecule has 1 aromatic heterocycles. The predicted molar refractivity (Wildman–Crippen MR) is 97.5 cm³/mol. The molecule has 8 heteroatoms. The van der Waals surface area contributed by atoms with Gasteiger partial charge in [-0.25, -0.2) is 0 Å². The molecule has 2 aromatic carbocycles. The lowest BCUT2D eigenvalue weighted by atomic mass is 10.0. The number of methoxy groups -OCH3 is 4. The number of ether oxygens (including phenoxy) is 4. The number of benzene rings is 2. The first kappa shape index (κ1) is 18.2. The highest BCUT2D eigenvalue weighted by atomic mass is 16.6. The first-order valence-corrected chi connectivity index (χ1v) is 7.82. The smallest absolute Gasteiger partial charge is 0.296 e. The van der Waals surface area contributed by atoms with Crippen LogP contribution in [0, 0.1) is 0 Å². The van der Waals surface area contributed by atoms with Crippen molar-refractivity contribution in [3.63, 3.8) is 0 Å². The van der Waals surface area contributed by atoms with Crippen LogP contribution in [0.3, 0.4) is 0 Å². The Morgan fingerprint density at radius 3 is 2.22 bits per heavy atom. The van der Waals surface area contributed by atoms with Crippen LogP contribution < -0.4 is 24.4 Å². The number of rotatable bonds is 5. The lowest BCUT2D eigenvalue weighted by molar-refractivity contribution is 0.310. The van der Waals surface area contributed by atoms with Crippen molar-refractivity contribution >= 4 is 11.0 Å². The molecule has 1 heterocycles. The molecule has 3 rings (SSSR count). The van der Waals surface area contributed by atoms with E-state index in [1.807, 2.05) is 0 Å². The molecule has 0 aliphatic rings. The van der Waals surface area contributed by atoms with Gasteiger partial charge in [-0.05, 0) is 6.07 Å². The van der Waals surface area contributed by atoms with E-state index in [1.165, 1.54) is 34.5 Å². The number of hydrogen-bond donors (Lipinski definition) is 2. The third-order valence-electron chi connectivity index (χ3n) is 4.07. The Morgan fingerprint density at radius 1 is 0.889 bits per heavy atom. The minimum Gasteiger partial charge on any atom is -0.508 e. The van der Waals surface area contributed by atoms with Gasteiger partial charge in [-0.1, -0.05) is 0 Å². The molecule has 8 nitrogen and oxygen atoms in total. The van der Waals surface area contributed by atoms with Crippen LogP contribution in [0.2, 0.25) is 0 Å². The second-order valence-corrected chi connectivity index (χ2v) is 5.55. The fourth-order valence-corrected chi connectivity index (χ4v) is 2.88. The number of phenolic OH excluding ortho intramolecular Hbond substituents is 2. The van der Waals surface area contributed by atoms with Gasteiger partial charge >= 0.3 is 0 Å². The molecule has 0 radical (unpaired) electrons. The zero-order valence-corrected chi connectivity index (χ0v) is 15.2. The molecule has 0 bridgehead atoms. The number of fused-ring (bicyclic) bond motifs is 1. The van der Waals surface area contributed by atoms with Crippen molar-refractivity contribution in [3.8, 4) is 45.8 Å². The molecule has 0 atom stereocenters. The van der Waals surface area contributed by atoms with E-state index in [9.17, 15) is 15.0 Å². The Balaban J connectivity index is 2.48. The van der Waals surface area contributed by atoms with Gasteiger partial charge in [0.05, 0.1) is 28.4 Å². The van der Waals surface area contributed by atoms with Crippen LogP contribution in [-0.4, -0.2) is 38.7 Å². The Morgan fingerprint density at radius 2 is 1.63 bits per heavy atom. The number of aromatic hydroxyl groups is 2. The van der Waals surface area contributed by atoms with Crippen molar-refractivity contribution < 1.29 is 33.6 Å². The topological polar surface area (TPSA) is 108 Å². The van der Waals surface area contributed by atoms with Gasteiger partial charge in [-0.2, -0.15) is 0 Å². The molecule has 0 saturated carbocycles. The summed E-state index contributed by atoms with van der Waals surface area (Å²) >= 11 is 0. The monoisotopic (exact) mass is 374 g/mol. The average molecular weight is 374 g/mol. The van der Waals surface area contributed by atoms with Gasteiger partial charge in [0.1, 0.15) is 33.8 Å². The van der Waals surface area contributed by atoms with Crippen LogP contribution in [0.4, 0.5) is 0 Å². The van der Waals surface area contributed by atoms with E-state index in [4.69, 9.17) is 23.4 Å². The van der Waals surface area contributed by atoms with Crippen molar-refractivity contribution in [2.24, 2.45) is 0 Å². The fraction of sp³-hybridized carbons (Fsp3) is 0.211. The summed E-state index contributed by atoms with van der Waals surface area (Å²) in [4.78, 5) is 13.2. The van der Waals surface area contributed by atoms with Gasteiger partial charge in [0.15, 0.2) is 11.5 Å². The van der Waals surface area contributed by atoms with E-state index in [-0.39, 0.29) is 34.0 Å². The van der Waals surface area contributed by atoms with Gasteiger partial charge in [0, 0.05) is 23.8 Å². The van der Waals surface area contributed by atoms with Crippen LogP contribution in [0.5, 0.6) is 34.7 Å². The van der Waals surface area contributed by atoms with Crippen molar-refractivity contribution in [2.45, 2.75) is 0 Å². The standard InChI is InChI=1S/C19H18O8/c1-23-10-7-11(18(25-3)14(8-10)24-2)15-17(22)16-12(21)5-9(20)6-13(16)27-19(15)26-4/h5-8,20-21H,1-4H3. The van der Waals surface area contributed by atoms with Gasteiger partial charge in [0.25, 0.3) is 5.95 Å². The first-order valence-electron chi connectivity index (χ1n) is 7.82. The molecule has 0 spiro atoms. The highest BCUT2D eigenvalue weighted by molar-refractivity contribution is 5.91. The minimum absolute atomic E-state index is 0.0139. The maximum Gasteiger partial charge on any atom is 0.296 e. The lowest BCUT2D eigenvalue weighted by Gasteiger charge is -2.16. The normalized spacial score (nSPS) is 10.7. The third kappa shape index (κ3) is 2.95. The van der Waals surface area contributed by atoms with Crippen LogP contribution >= 0.6 is 0 Å². The third-order valence-corrected chi connectivity index (χ3v) is 4.07. The molecule has 0 saturated heterocycles. The van der Waals surface area contributed by atoms with Crippen LogP contribution in [0.25, 0.3) is 22.1 Å². The highest BCUT2D eigenvalue weighted by Crippen LogP contribution is 2.44. The van der Waals surface area contributed by atoms with Crippen molar-refractivity contribution in [2.75, 3.05) is 28.4 Å². The molecule has 27 heavy (non-hydrogen) atoms. The zero-order chi connectivity index (χ0) is 19.7. The van der Waals surface area contributed by atoms with Gasteiger partial charge in [0.2, 0.25) is 5.43 Å². The number of phenols is 2. The lowest BCUT2D eigenvalue weighted by Crippen LogP contribution is -2.09. The molecule has 0 aliphatic heterocycles. The second kappa shape index (κ2) is 6.99. The Labute approximate surface area is 154 Å².